The summed E-state index contributed by atoms with van der Waals surface area (Å²) in [7, 11) is 1.80. The second kappa shape index (κ2) is 6.90. The summed E-state index contributed by atoms with van der Waals surface area (Å²) < 4.78 is 0. The molecule has 0 aliphatic heterocycles. The summed E-state index contributed by atoms with van der Waals surface area (Å²) in [6.07, 6.45) is 0. The smallest absolute Gasteiger partial charge is 0.254 e. The predicted molar refractivity (Wildman–Crippen MR) is 82.5 cm³/mol. The largest absolute Gasteiger partial charge is 0.337 e. The van der Waals surface area contributed by atoms with Crippen molar-refractivity contribution in [2.45, 2.75) is 6.54 Å². The first kappa shape index (κ1) is 14.3. The topological polar surface area (TPSA) is 46.3 Å². The first-order valence-electron chi connectivity index (χ1n) is 6.27. The Morgan fingerprint density at radius 3 is 2.80 bits per heavy atom. The number of nitrogens with zero attached hydrogens (tertiary/aromatic N) is 1. The number of hydrogen-bond donors (Lipinski definition) is 1. The molecule has 1 heterocycles. The molecule has 20 heavy (non-hydrogen) atoms. The Morgan fingerprint density at radius 2 is 2.10 bits per heavy atom. The third-order valence-electron chi connectivity index (χ3n) is 2.77. The van der Waals surface area contributed by atoms with Gasteiger partial charge in [0.1, 0.15) is 0 Å². The van der Waals surface area contributed by atoms with E-state index in [1.807, 2.05) is 41.8 Å². The van der Waals surface area contributed by atoms with Crippen LogP contribution in [0.4, 0.5) is 0 Å². The third-order valence-corrected chi connectivity index (χ3v) is 3.61. The molecule has 0 radical (unpaired) electrons. The predicted octanol–water partition coefficient (Wildman–Crippen LogP) is 2.33. The molecule has 0 bridgehead atoms. The molecule has 0 aliphatic carbocycles. The zero-order valence-electron chi connectivity index (χ0n) is 11.3. The number of thiophene rings is 1. The van der Waals surface area contributed by atoms with Crippen LogP contribution >= 0.6 is 11.3 Å². The molecule has 2 aromatic rings. The number of rotatable bonds is 3. The van der Waals surface area contributed by atoms with Crippen LogP contribution in [0.1, 0.15) is 20.8 Å². The van der Waals surface area contributed by atoms with Crippen molar-refractivity contribution in [3.05, 3.63) is 57.8 Å². The highest BCUT2D eigenvalue weighted by Gasteiger charge is 2.13. The van der Waals surface area contributed by atoms with Crippen molar-refractivity contribution in [1.82, 2.24) is 4.90 Å². The van der Waals surface area contributed by atoms with Crippen LogP contribution < -0.4 is 5.73 Å². The summed E-state index contributed by atoms with van der Waals surface area (Å²) >= 11 is 1.46. The molecular formula is C16H16N2OS. The van der Waals surface area contributed by atoms with Gasteiger partial charge in [-0.2, -0.15) is 0 Å². The van der Waals surface area contributed by atoms with E-state index in [9.17, 15) is 4.79 Å². The maximum absolute atomic E-state index is 12.3. The highest BCUT2D eigenvalue weighted by molar-refractivity contribution is 7.10. The summed E-state index contributed by atoms with van der Waals surface area (Å²) in [5, 5.41) is 1.84. The van der Waals surface area contributed by atoms with Crippen molar-refractivity contribution in [1.29, 1.82) is 0 Å². The second-order valence-corrected chi connectivity index (χ2v) is 5.26. The Balaban J connectivity index is 2.05. The molecule has 4 heteroatoms. The minimum absolute atomic E-state index is 0.00546. The van der Waals surface area contributed by atoms with Gasteiger partial charge in [0.2, 0.25) is 0 Å². The number of amides is 1. The van der Waals surface area contributed by atoms with E-state index in [2.05, 4.69) is 11.8 Å². The minimum Gasteiger partial charge on any atom is -0.337 e. The molecule has 102 valence electrons. The van der Waals surface area contributed by atoms with Crippen molar-refractivity contribution in [2.75, 3.05) is 13.6 Å². The SMILES string of the molecule is CN(Cc1ccccc1)C(=O)c1csc(C#CCN)c1. The molecule has 1 aromatic carbocycles. The molecule has 0 atom stereocenters. The molecule has 0 saturated heterocycles. The number of carbonyl (C=O) groups excluding carboxylic acids is 1. The fraction of sp³-hybridized carbons (Fsp3) is 0.188. The molecule has 3 nitrogen and oxygen atoms in total. The minimum atomic E-state index is 0.00546. The van der Waals surface area contributed by atoms with Gasteiger partial charge in [-0.1, -0.05) is 42.2 Å². The van der Waals surface area contributed by atoms with Crippen LogP contribution in [0.2, 0.25) is 0 Å². The fourth-order valence-electron chi connectivity index (χ4n) is 1.80. The lowest BCUT2D eigenvalue weighted by atomic mass is 10.2. The zero-order chi connectivity index (χ0) is 14.4. The second-order valence-electron chi connectivity index (χ2n) is 4.35. The molecule has 0 fully saturated rings. The molecular weight excluding hydrogens is 268 g/mol. The Labute approximate surface area is 123 Å². The van der Waals surface area contributed by atoms with Crippen molar-refractivity contribution in [3.63, 3.8) is 0 Å². The van der Waals surface area contributed by atoms with E-state index in [1.54, 1.807) is 11.9 Å². The van der Waals surface area contributed by atoms with Crippen LogP contribution in [0.5, 0.6) is 0 Å². The molecule has 1 amide bonds. The van der Waals surface area contributed by atoms with Crippen molar-refractivity contribution < 1.29 is 4.79 Å². The van der Waals surface area contributed by atoms with Gasteiger partial charge in [-0.15, -0.1) is 11.3 Å². The number of benzene rings is 1. The highest BCUT2D eigenvalue weighted by Crippen LogP contribution is 2.16. The Bertz CT molecular complexity index is 637. The van der Waals surface area contributed by atoms with Crippen LogP contribution in [0.25, 0.3) is 0 Å². The van der Waals surface area contributed by atoms with Gasteiger partial charge >= 0.3 is 0 Å². The van der Waals surface area contributed by atoms with E-state index in [0.717, 1.165) is 10.4 Å². The Hall–Kier alpha value is -2.09. The first-order valence-corrected chi connectivity index (χ1v) is 7.15. The molecule has 0 aliphatic rings. The summed E-state index contributed by atoms with van der Waals surface area (Å²) in [6, 6.07) is 11.7. The lowest BCUT2D eigenvalue weighted by Gasteiger charge is -2.16. The van der Waals surface area contributed by atoms with Crippen molar-refractivity contribution in [3.8, 4) is 11.8 Å². The zero-order valence-corrected chi connectivity index (χ0v) is 12.1. The van der Waals surface area contributed by atoms with Crippen molar-refractivity contribution in [2.24, 2.45) is 5.73 Å². The van der Waals surface area contributed by atoms with Crippen LogP contribution in [-0.2, 0) is 6.54 Å². The van der Waals surface area contributed by atoms with Gasteiger partial charge in [-0.25, -0.2) is 0 Å². The summed E-state index contributed by atoms with van der Waals surface area (Å²) in [6.45, 7) is 0.925. The summed E-state index contributed by atoms with van der Waals surface area (Å²) in [5.74, 6) is 5.74. The molecule has 2 rings (SSSR count). The van der Waals surface area contributed by atoms with Gasteiger partial charge < -0.3 is 10.6 Å². The Kier molecular flexibility index (Phi) is 4.94. The average Bonchev–Trinajstić information content (AvgIpc) is 2.94. The molecule has 1 aromatic heterocycles. The maximum atomic E-state index is 12.3. The number of carbonyl (C=O) groups is 1. The normalized spacial score (nSPS) is 9.70. The van der Waals surface area contributed by atoms with Crippen LogP contribution in [0.3, 0.4) is 0 Å². The molecule has 0 unspecified atom stereocenters. The van der Waals surface area contributed by atoms with Gasteiger partial charge in [-0.05, 0) is 11.6 Å². The highest BCUT2D eigenvalue weighted by atomic mass is 32.1. The van der Waals surface area contributed by atoms with Gasteiger partial charge in [0.25, 0.3) is 5.91 Å². The Morgan fingerprint density at radius 1 is 1.35 bits per heavy atom. The molecule has 2 N–H and O–H groups in total. The van der Waals surface area contributed by atoms with Gasteiger partial charge in [0, 0.05) is 19.0 Å². The quantitative estimate of drug-likeness (QED) is 0.879. The molecule has 0 saturated carbocycles. The number of nitrogens with two attached hydrogens (primary N) is 1. The van der Waals surface area contributed by atoms with E-state index in [-0.39, 0.29) is 5.91 Å². The lowest BCUT2D eigenvalue weighted by molar-refractivity contribution is 0.0785. The van der Waals surface area contributed by atoms with E-state index >= 15 is 0 Å². The average molecular weight is 284 g/mol. The van der Waals surface area contributed by atoms with E-state index in [4.69, 9.17) is 5.73 Å². The summed E-state index contributed by atoms with van der Waals surface area (Å²) in [5.41, 5.74) is 7.12. The van der Waals surface area contributed by atoms with E-state index in [0.29, 0.717) is 18.7 Å². The third kappa shape index (κ3) is 3.70. The maximum Gasteiger partial charge on any atom is 0.254 e. The van der Waals surface area contributed by atoms with E-state index < -0.39 is 0 Å². The number of hydrogen-bond acceptors (Lipinski definition) is 3. The first-order chi connectivity index (χ1) is 9.70. The van der Waals surface area contributed by atoms with Crippen LogP contribution in [-0.4, -0.2) is 24.4 Å². The van der Waals surface area contributed by atoms with E-state index in [1.165, 1.54) is 11.3 Å². The van der Waals surface area contributed by atoms with Gasteiger partial charge in [0.05, 0.1) is 17.0 Å². The molecule has 0 spiro atoms. The monoisotopic (exact) mass is 284 g/mol. The van der Waals surface area contributed by atoms with Crippen molar-refractivity contribution >= 4 is 17.2 Å². The van der Waals surface area contributed by atoms with Crippen LogP contribution in [0.15, 0.2) is 41.8 Å². The fourth-order valence-corrected chi connectivity index (χ4v) is 2.55. The van der Waals surface area contributed by atoms with Crippen LogP contribution in [0, 0.1) is 11.8 Å². The summed E-state index contributed by atoms with van der Waals surface area (Å²) in [4.78, 5) is 14.9. The van der Waals surface area contributed by atoms with Gasteiger partial charge in [-0.3, -0.25) is 4.79 Å². The van der Waals surface area contributed by atoms with Gasteiger partial charge in [0.15, 0.2) is 0 Å². The standard InChI is InChI=1S/C16H16N2OS/c1-18(11-13-6-3-2-4-7-13)16(19)14-10-15(20-12-14)8-5-9-17/h2-4,6-7,10,12H,9,11,17H2,1H3. The lowest BCUT2D eigenvalue weighted by Crippen LogP contribution is -2.25.